The van der Waals surface area contributed by atoms with Gasteiger partial charge in [-0.2, -0.15) is 18.4 Å². The van der Waals surface area contributed by atoms with E-state index < -0.39 is 42.3 Å². The van der Waals surface area contributed by atoms with E-state index in [2.05, 4.69) is 10.6 Å². The molecule has 2 N–H and O–H groups in total. The number of aromatic nitrogens is 1. The summed E-state index contributed by atoms with van der Waals surface area (Å²) in [6.45, 7) is 2.38. The third-order valence-corrected chi connectivity index (χ3v) is 5.94. The second kappa shape index (κ2) is 11.6. The Morgan fingerprint density at radius 3 is 2.16 bits per heavy atom. The molecule has 0 aliphatic heterocycles. The van der Waals surface area contributed by atoms with Crippen LogP contribution in [-0.2, 0) is 18.3 Å². The van der Waals surface area contributed by atoms with Crippen LogP contribution in [0, 0.1) is 11.3 Å². The van der Waals surface area contributed by atoms with Crippen LogP contribution < -0.4 is 10.6 Å². The highest BCUT2D eigenvalue weighted by Gasteiger charge is 2.44. The van der Waals surface area contributed by atoms with Crippen LogP contribution in [0.3, 0.4) is 0 Å². The van der Waals surface area contributed by atoms with E-state index in [-0.39, 0.29) is 12.0 Å². The molecule has 196 valence electrons. The van der Waals surface area contributed by atoms with Gasteiger partial charge in [0.2, 0.25) is 5.91 Å². The maximum Gasteiger partial charge on any atom is 0.407 e. The van der Waals surface area contributed by atoms with Gasteiger partial charge in [-0.15, -0.1) is 0 Å². The first-order chi connectivity index (χ1) is 17.4. The van der Waals surface area contributed by atoms with Crippen molar-refractivity contribution < 1.29 is 22.4 Å². The minimum atomic E-state index is -4.76. The Balaban J connectivity index is 1.84. The Kier molecular flexibility index (Phi) is 8.77. The zero-order chi connectivity index (χ0) is 27.2. The summed E-state index contributed by atoms with van der Waals surface area (Å²) in [5, 5.41) is 14.3. The van der Waals surface area contributed by atoms with Gasteiger partial charge in [0.1, 0.15) is 17.8 Å². The van der Waals surface area contributed by atoms with E-state index in [0.29, 0.717) is 0 Å². The van der Waals surface area contributed by atoms with Crippen molar-refractivity contribution in [1.82, 2.24) is 15.2 Å². The van der Waals surface area contributed by atoms with E-state index in [9.17, 15) is 27.6 Å². The average Bonchev–Trinajstić information content (AvgIpc) is 3.26. The second-order valence-corrected chi connectivity index (χ2v) is 9.62. The van der Waals surface area contributed by atoms with Gasteiger partial charge in [-0.1, -0.05) is 54.6 Å². The molecule has 2 aromatic carbocycles. The van der Waals surface area contributed by atoms with Crippen LogP contribution in [-0.4, -0.2) is 34.4 Å². The summed E-state index contributed by atoms with van der Waals surface area (Å²) in [6, 6.07) is 15.6. The molecular weight excluding hydrogens is 484 g/mol. The summed E-state index contributed by atoms with van der Waals surface area (Å²) in [7, 11) is 1.83. The fraction of sp³-hybridized carbons (Fsp3) is 0.357. The number of nitrogens with one attached hydrogen (secondary N) is 2. The van der Waals surface area contributed by atoms with Gasteiger partial charge in [0.05, 0.1) is 12.1 Å². The second-order valence-electron chi connectivity index (χ2n) is 9.62. The van der Waals surface area contributed by atoms with Crippen LogP contribution in [0.4, 0.5) is 17.6 Å². The van der Waals surface area contributed by atoms with E-state index in [0.717, 1.165) is 16.8 Å². The normalized spacial score (nSPS) is 14.4. The molecule has 1 amide bonds. The van der Waals surface area contributed by atoms with Crippen molar-refractivity contribution >= 4 is 5.91 Å². The summed E-state index contributed by atoms with van der Waals surface area (Å²) in [5.41, 5.74) is 0.287. The van der Waals surface area contributed by atoms with Gasteiger partial charge in [-0.25, -0.2) is 4.39 Å². The molecule has 3 rings (SSSR count). The zero-order valence-corrected chi connectivity index (χ0v) is 20.9. The number of nitriles is 1. The quantitative estimate of drug-likeness (QED) is 0.344. The number of rotatable bonds is 10. The van der Waals surface area contributed by atoms with Gasteiger partial charge < -0.3 is 9.88 Å². The largest absolute Gasteiger partial charge is 0.407 e. The number of halogens is 4. The summed E-state index contributed by atoms with van der Waals surface area (Å²) in [4.78, 5) is 13.1. The molecule has 0 saturated carbocycles. The van der Waals surface area contributed by atoms with Crippen LogP contribution in [0.1, 0.15) is 37.4 Å². The summed E-state index contributed by atoms with van der Waals surface area (Å²) < 4.78 is 59.0. The number of aryl methyl sites for hydroxylation is 1. The van der Waals surface area contributed by atoms with Gasteiger partial charge >= 0.3 is 6.18 Å². The number of alkyl halides is 4. The molecule has 0 aliphatic carbocycles. The molecular formula is C28H30F4N4O. The van der Waals surface area contributed by atoms with Crippen molar-refractivity contribution in [2.75, 3.05) is 0 Å². The van der Waals surface area contributed by atoms with Gasteiger partial charge in [0.25, 0.3) is 0 Å². The summed E-state index contributed by atoms with van der Waals surface area (Å²) >= 11 is 0. The minimum absolute atomic E-state index is 0.110. The number of hydrogen-bond acceptors (Lipinski definition) is 3. The Bertz CT molecular complexity index is 1210. The van der Waals surface area contributed by atoms with E-state index in [4.69, 9.17) is 0 Å². The number of nitrogens with zero attached hydrogens (tertiary/aromatic N) is 2. The van der Waals surface area contributed by atoms with Gasteiger partial charge in [-0.3, -0.25) is 10.1 Å². The van der Waals surface area contributed by atoms with Crippen LogP contribution in [0.5, 0.6) is 0 Å². The third-order valence-electron chi connectivity index (χ3n) is 5.94. The van der Waals surface area contributed by atoms with Crippen LogP contribution >= 0.6 is 0 Å². The van der Waals surface area contributed by atoms with Crippen molar-refractivity contribution in [2.24, 2.45) is 7.05 Å². The number of benzene rings is 2. The fourth-order valence-electron chi connectivity index (χ4n) is 4.15. The van der Waals surface area contributed by atoms with E-state index in [1.165, 1.54) is 26.0 Å². The van der Waals surface area contributed by atoms with Gasteiger partial charge in [0, 0.05) is 31.8 Å². The molecule has 1 heterocycles. The average molecular weight is 515 g/mol. The van der Waals surface area contributed by atoms with Crippen molar-refractivity contribution in [3.05, 3.63) is 84.1 Å². The molecule has 0 fully saturated rings. The van der Waals surface area contributed by atoms with Crippen molar-refractivity contribution in [2.45, 2.75) is 56.7 Å². The summed E-state index contributed by atoms with van der Waals surface area (Å²) in [6.07, 6.45) is -3.28. The highest BCUT2D eigenvalue weighted by atomic mass is 19.4. The molecule has 5 nitrogen and oxygen atoms in total. The predicted molar refractivity (Wildman–Crippen MR) is 134 cm³/mol. The highest BCUT2D eigenvalue weighted by Crippen LogP contribution is 2.35. The minimum Gasteiger partial charge on any atom is -0.351 e. The molecule has 9 heteroatoms. The molecule has 0 bridgehead atoms. The first-order valence-electron chi connectivity index (χ1n) is 11.8. The molecule has 0 saturated heterocycles. The number of hydrogen-bond donors (Lipinski definition) is 2. The lowest BCUT2D eigenvalue weighted by Crippen LogP contribution is -2.53. The lowest BCUT2D eigenvalue weighted by atomic mass is 9.96. The van der Waals surface area contributed by atoms with Crippen molar-refractivity contribution in [1.29, 1.82) is 5.26 Å². The van der Waals surface area contributed by atoms with Gasteiger partial charge in [-0.05, 0) is 42.7 Å². The van der Waals surface area contributed by atoms with Crippen LogP contribution in [0.2, 0.25) is 0 Å². The molecule has 1 aromatic heterocycles. The maximum atomic E-state index is 14.6. The first-order valence-corrected chi connectivity index (χ1v) is 11.8. The SMILES string of the molecule is Cn1cccc1-c1ccc([C@H](N[C@@H](CC(C)(C)F)C(=O)N[C@H](C#N)Cc2ccccc2)C(F)(F)F)cc1. The molecule has 3 aromatic rings. The molecule has 37 heavy (non-hydrogen) atoms. The standard InChI is InChI=1S/C28H30F4N4O/c1-27(2,29)17-23(26(37)34-22(18-33)16-19-8-5-4-6-9-19)35-25(28(30,31)32)21-13-11-20(12-14-21)24-10-7-15-36(24)3/h4-15,22-23,25,35H,16-17H2,1-3H3,(H,34,37)/t22-,23-,25-/m0/s1. The van der Waals surface area contributed by atoms with Crippen LogP contribution in [0.25, 0.3) is 11.3 Å². The fourth-order valence-corrected chi connectivity index (χ4v) is 4.15. The monoisotopic (exact) mass is 514 g/mol. The molecule has 0 unspecified atom stereocenters. The Hall–Kier alpha value is -3.64. The van der Waals surface area contributed by atoms with Crippen molar-refractivity contribution in [3.8, 4) is 17.3 Å². The highest BCUT2D eigenvalue weighted by molar-refractivity contribution is 5.82. The lowest BCUT2D eigenvalue weighted by molar-refractivity contribution is -0.161. The van der Waals surface area contributed by atoms with Crippen molar-refractivity contribution in [3.63, 3.8) is 0 Å². The summed E-state index contributed by atoms with van der Waals surface area (Å²) in [5.74, 6) is -0.872. The number of carbonyl (C=O) groups excluding carboxylic acids is 1. The molecule has 0 spiro atoms. The van der Waals surface area contributed by atoms with Crippen LogP contribution in [0.15, 0.2) is 72.9 Å². The molecule has 3 atom stereocenters. The molecule has 0 aliphatic rings. The zero-order valence-electron chi connectivity index (χ0n) is 20.9. The number of amides is 1. The van der Waals surface area contributed by atoms with Gasteiger partial charge in [0.15, 0.2) is 0 Å². The van der Waals surface area contributed by atoms with E-state index in [1.807, 2.05) is 36.0 Å². The predicted octanol–water partition coefficient (Wildman–Crippen LogP) is 5.64. The lowest BCUT2D eigenvalue weighted by Gasteiger charge is -2.30. The molecule has 0 radical (unpaired) electrons. The Labute approximate surface area is 214 Å². The topological polar surface area (TPSA) is 69.8 Å². The third kappa shape index (κ3) is 7.92. The maximum absolute atomic E-state index is 14.6. The number of carbonyl (C=O) groups is 1. The Morgan fingerprint density at radius 2 is 1.65 bits per heavy atom. The Morgan fingerprint density at radius 1 is 1.00 bits per heavy atom. The first kappa shape index (κ1) is 27.9. The smallest absolute Gasteiger partial charge is 0.351 e. The van der Waals surface area contributed by atoms with E-state index in [1.54, 1.807) is 42.5 Å². The van der Waals surface area contributed by atoms with E-state index >= 15 is 0 Å².